The fraction of sp³-hybridized carbons (Fsp3) is 0.867. The molecule has 2 aliphatic rings. The highest BCUT2D eigenvalue weighted by Gasteiger charge is 2.27. The molecule has 1 aliphatic heterocycles. The van der Waals surface area contributed by atoms with Gasteiger partial charge in [-0.1, -0.05) is 12.8 Å². The molecule has 1 saturated heterocycles. The standard InChI is InChI=1S/C15H27N3O2/c1-12(18-10-6-2-3-7-11-18)14(19)17-15(20)16-13-8-4-5-9-13/h12-13H,2-11H2,1H3,(H2,16,17,19,20)/p+1/t12-/m1/s1. The van der Waals surface area contributed by atoms with Crippen LogP contribution >= 0.6 is 0 Å². The van der Waals surface area contributed by atoms with Gasteiger partial charge in [-0.3, -0.25) is 10.1 Å². The van der Waals surface area contributed by atoms with E-state index in [4.69, 9.17) is 0 Å². The maximum atomic E-state index is 12.1. The topological polar surface area (TPSA) is 62.6 Å². The number of hydrogen-bond acceptors (Lipinski definition) is 2. The monoisotopic (exact) mass is 282 g/mol. The molecule has 1 atom stereocenters. The van der Waals surface area contributed by atoms with Crippen LogP contribution in [0.2, 0.25) is 0 Å². The number of carbonyl (C=O) groups is 2. The van der Waals surface area contributed by atoms with Gasteiger partial charge in [0.15, 0.2) is 6.04 Å². The van der Waals surface area contributed by atoms with E-state index in [0.29, 0.717) is 0 Å². The zero-order valence-electron chi connectivity index (χ0n) is 12.5. The summed E-state index contributed by atoms with van der Waals surface area (Å²) >= 11 is 0. The van der Waals surface area contributed by atoms with Crippen LogP contribution in [0.15, 0.2) is 0 Å². The molecule has 0 aromatic heterocycles. The van der Waals surface area contributed by atoms with Crippen LogP contribution in [0.25, 0.3) is 0 Å². The van der Waals surface area contributed by atoms with E-state index in [9.17, 15) is 9.59 Å². The number of rotatable bonds is 3. The summed E-state index contributed by atoms with van der Waals surface area (Å²) in [4.78, 5) is 25.3. The molecule has 0 spiro atoms. The second-order valence-corrected chi connectivity index (χ2v) is 6.24. The zero-order valence-corrected chi connectivity index (χ0v) is 12.5. The Hall–Kier alpha value is -1.10. The SMILES string of the molecule is C[C@H](C(=O)NC(=O)NC1CCCC1)[NH+]1CCCCCC1. The molecule has 5 nitrogen and oxygen atoms in total. The molecule has 20 heavy (non-hydrogen) atoms. The normalized spacial score (nSPS) is 23.1. The maximum absolute atomic E-state index is 12.1. The quantitative estimate of drug-likeness (QED) is 0.710. The molecule has 1 aliphatic carbocycles. The van der Waals surface area contributed by atoms with Gasteiger partial charge in [-0.25, -0.2) is 4.79 Å². The smallest absolute Gasteiger partial charge is 0.321 e. The second kappa shape index (κ2) is 7.62. The summed E-state index contributed by atoms with van der Waals surface area (Å²) in [6.45, 7) is 4.01. The van der Waals surface area contributed by atoms with Crippen LogP contribution in [-0.4, -0.2) is 37.1 Å². The van der Waals surface area contributed by atoms with Crippen molar-refractivity contribution in [3.05, 3.63) is 0 Å². The van der Waals surface area contributed by atoms with Crippen molar-refractivity contribution in [2.45, 2.75) is 70.4 Å². The first kappa shape index (κ1) is 15.3. The van der Waals surface area contributed by atoms with Gasteiger partial charge >= 0.3 is 6.03 Å². The third-order valence-electron chi connectivity index (χ3n) is 4.68. The largest absolute Gasteiger partial charge is 0.335 e. The van der Waals surface area contributed by atoms with Crippen molar-refractivity contribution in [3.8, 4) is 0 Å². The Bertz CT molecular complexity index is 332. The lowest BCUT2D eigenvalue weighted by atomic mass is 10.2. The molecule has 5 heteroatoms. The van der Waals surface area contributed by atoms with Crippen LogP contribution in [0.5, 0.6) is 0 Å². The van der Waals surface area contributed by atoms with E-state index in [1.165, 1.54) is 43.4 Å². The van der Waals surface area contributed by atoms with Gasteiger partial charge in [0.25, 0.3) is 5.91 Å². The molecule has 3 amide bonds. The zero-order chi connectivity index (χ0) is 14.4. The third kappa shape index (κ3) is 4.47. The Morgan fingerprint density at radius 1 is 1.00 bits per heavy atom. The minimum atomic E-state index is -0.317. The molecule has 0 bridgehead atoms. The number of hydrogen-bond donors (Lipinski definition) is 3. The molecule has 1 heterocycles. The highest BCUT2D eigenvalue weighted by Crippen LogP contribution is 2.17. The van der Waals surface area contributed by atoms with E-state index in [1.54, 1.807) is 0 Å². The lowest BCUT2D eigenvalue weighted by Crippen LogP contribution is -3.16. The first-order valence-corrected chi connectivity index (χ1v) is 8.13. The van der Waals surface area contributed by atoms with Gasteiger partial charge in [0.2, 0.25) is 0 Å². The van der Waals surface area contributed by atoms with Gasteiger partial charge in [0.1, 0.15) is 0 Å². The van der Waals surface area contributed by atoms with Crippen LogP contribution in [0, 0.1) is 0 Å². The number of carbonyl (C=O) groups excluding carboxylic acids is 2. The lowest BCUT2D eigenvalue weighted by molar-refractivity contribution is -0.913. The number of nitrogens with one attached hydrogen (secondary N) is 3. The number of urea groups is 1. The molecular formula is C15H28N3O2+. The molecule has 3 N–H and O–H groups in total. The molecule has 114 valence electrons. The number of imide groups is 1. The summed E-state index contributed by atoms with van der Waals surface area (Å²) in [7, 11) is 0. The van der Waals surface area contributed by atoms with Gasteiger partial charge in [-0.15, -0.1) is 0 Å². The highest BCUT2D eigenvalue weighted by atomic mass is 16.2. The van der Waals surface area contributed by atoms with E-state index in [0.717, 1.165) is 25.9 Å². The molecule has 0 radical (unpaired) electrons. The lowest BCUT2D eigenvalue weighted by Gasteiger charge is -2.23. The van der Waals surface area contributed by atoms with Crippen LogP contribution < -0.4 is 15.5 Å². The minimum Gasteiger partial charge on any atom is -0.335 e. The number of quaternary nitrogens is 1. The summed E-state index contributed by atoms with van der Waals surface area (Å²) in [5.74, 6) is -0.141. The number of likely N-dealkylation sites (tertiary alicyclic amines) is 1. The average molecular weight is 282 g/mol. The van der Waals surface area contributed by atoms with Crippen LogP contribution in [0.4, 0.5) is 4.79 Å². The molecule has 0 aromatic carbocycles. The molecule has 1 saturated carbocycles. The van der Waals surface area contributed by atoms with Crippen molar-refractivity contribution in [1.82, 2.24) is 10.6 Å². The summed E-state index contributed by atoms with van der Waals surface area (Å²) in [5.41, 5.74) is 0. The molecule has 2 fully saturated rings. The fourth-order valence-corrected chi connectivity index (χ4v) is 3.31. The van der Waals surface area contributed by atoms with Gasteiger partial charge < -0.3 is 10.2 Å². The predicted molar refractivity (Wildman–Crippen MR) is 77.6 cm³/mol. The molecule has 0 unspecified atom stereocenters. The number of amides is 3. The van der Waals surface area contributed by atoms with E-state index >= 15 is 0 Å². The van der Waals surface area contributed by atoms with Crippen molar-refractivity contribution in [3.63, 3.8) is 0 Å². The first-order valence-electron chi connectivity index (χ1n) is 8.13. The maximum Gasteiger partial charge on any atom is 0.321 e. The summed E-state index contributed by atoms with van der Waals surface area (Å²) in [6.07, 6.45) is 9.31. The van der Waals surface area contributed by atoms with Gasteiger partial charge in [-0.2, -0.15) is 0 Å². The molecular weight excluding hydrogens is 254 g/mol. The third-order valence-corrected chi connectivity index (χ3v) is 4.68. The Morgan fingerprint density at radius 2 is 1.60 bits per heavy atom. The van der Waals surface area contributed by atoms with Gasteiger partial charge in [0.05, 0.1) is 13.1 Å². The van der Waals surface area contributed by atoms with E-state index < -0.39 is 0 Å². The van der Waals surface area contributed by atoms with Crippen molar-refractivity contribution < 1.29 is 14.5 Å². The summed E-state index contributed by atoms with van der Waals surface area (Å²) in [6, 6.07) is -0.200. The van der Waals surface area contributed by atoms with Crippen molar-refractivity contribution in [1.29, 1.82) is 0 Å². The minimum absolute atomic E-state index is 0.137. The molecule has 0 aromatic rings. The Labute approximate surface area is 121 Å². The Morgan fingerprint density at radius 3 is 2.20 bits per heavy atom. The van der Waals surface area contributed by atoms with Crippen molar-refractivity contribution in [2.24, 2.45) is 0 Å². The second-order valence-electron chi connectivity index (χ2n) is 6.24. The average Bonchev–Trinajstić information content (AvgIpc) is 2.77. The fourth-order valence-electron chi connectivity index (χ4n) is 3.31. The van der Waals surface area contributed by atoms with Crippen LogP contribution in [-0.2, 0) is 4.79 Å². The Balaban J connectivity index is 1.75. The molecule has 2 rings (SSSR count). The Kier molecular flexibility index (Phi) is 5.83. The highest BCUT2D eigenvalue weighted by molar-refractivity contribution is 5.96. The summed E-state index contributed by atoms with van der Waals surface area (Å²) in [5, 5.41) is 5.41. The van der Waals surface area contributed by atoms with E-state index in [-0.39, 0.29) is 24.0 Å². The van der Waals surface area contributed by atoms with Gasteiger partial charge in [-0.05, 0) is 45.4 Å². The van der Waals surface area contributed by atoms with E-state index in [1.807, 2.05) is 6.92 Å². The van der Waals surface area contributed by atoms with Crippen molar-refractivity contribution >= 4 is 11.9 Å². The van der Waals surface area contributed by atoms with Gasteiger partial charge in [0, 0.05) is 6.04 Å². The predicted octanol–water partition coefficient (Wildman–Crippen LogP) is 0.602. The van der Waals surface area contributed by atoms with Crippen LogP contribution in [0.1, 0.15) is 58.3 Å². The van der Waals surface area contributed by atoms with Crippen LogP contribution in [0.3, 0.4) is 0 Å². The van der Waals surface area contributed by atoms with Crippen molar-refractivity contribution in [2.75, 3.05) is 13.1 Å². The first-order chi connectivity index (χ1) is 9.66. The summed E-state index contributed by atoms with van der Waals surface area (Å²) < 4.78 is 0. The van der Waals surface area contributed by atoms with E-state index in [2.05, 4.69) is 10.6 Å².